The summed E-state index contributed by atoms with van der Waals surface area (Å²) in [5.74, 6) is -2.05. The van der Waals surface area contributed by atoms with E-state index in [0.717, 1.165) is 6.42 Å². The highest BCUT2D eigenvalue weighted by Crippen LogP contribution is 2.51. The number of hydrogen-bond donors (Lipinski definition) is 3. The van der Waals surface area contributed by atoms with Crippen LogP contribution in [0.3, 0.4) is 0 Å². The van der Waals surface area contributed by atoms with Crippen molar-refractivity contribution in [3.05, 3.63) is 11.8 Å². The lowest BCUT2D eigenvalue weighted by Gasteiger charge is -2.07. The number of amides is 1. The van der Waals surface area contributed by atoms with Gasteiger partial charge >= 0.3 is 5.97 Å². The molecule has 21 heavy (non-hydrogen) atoms. The topological polar surface area (TPSA) is 121 Å². The Hall–Kier alpha value is -1.41. The maximum absolute atomic E-state index is 11.8. The maximum Gasteiger partial charge on any atom is 0.352 e. The minimum absolute atomic E-state index is 0.0802. The van der Waals surface area contributed by atoms with E-state index in [0.29, 0.717) is 12.8 Å². The van der Waals surface area contributed by atoms with Crippen LogP contribution in [-0.4, -0.2) is 35.7 Å². The van der Waals surface area contributed by atoms with E-state index in [1.165, 1.54) is 6.08 Å². The Labute approximate surface area is 124 Å². The van der Waals surface area contributed by atoms with E-state index in [9.17, 15) is 18.0 Å². The molecule has 0 aromatic heterocycles. The Bertz CT molecular complexity index is 549. The SMILES string of the molecule is CC1(C)CC1C(=O)NC(=CCCCCS(=O)(=O)O)C(=O)O. The molecule has 1 amide bonds. The van der Waals surface area contributed by atoms with Crippen LogP contribution in [0, 0.1) is 11.3 Å². The van der Waals surface area contributed by atoms with Crippen LogP contribution < -0.4 is 5.32 Å². The fourth-order valence-corrected chi connectivity index (χ4v) is 2.57. The summed E-state index contributed by atoms with van der Waals surface area (Å²) in [4.78, 5) is 22.9. The van der Waals surface area contributed by atoms with Crippen LogP contribution in [0.15, 0.2) is 11.8 Å². The van der Waals surface area contributed by atoms with E-state index in [1.54, 1.807) is 0 Å². The first-order chi connectivity index (χ1) is 9.53. The second-order valence-corrected chi connectivity index (χ2v) is 7.51. The van der Waals surface area contributed by atoms with Crippen LogP contribution in [0.5, 0.6) is 0 Å². The molecule has 0 heterocycles. The molecule has 0 radical (unpaired) electrons. The van der Waals surface area contributed by atoms with Crippen molar-refractivity contribution in [2.24, 2.45) is 11.3 Å². The van der Waals surface area contributed by atoms with Crippen molar-refractivity contribution in [3.8, 4) is 0 Å². The summed E-state index contributed by atoms with van der Waals surface area (Å²) in [7, 11) is -3.98. The molecule has 1 fully saturated rings. The van der Waals surface area contributed by atoms with Gasteiger partial charge in [-0.05, 0) is 31.1 Å². The molecule has 120 valence electrons. The average molecular weight is 319 g/mol. The van der Waals surface area contributed by atoms with E-state index in [-0.39, 0.29) is 35.1 Å². The Kier molecular flexibility index (Phi) is 5.52. The first-order valence-electron chi connectivity index (χ1n) is 6.72. The van der Waals surface area contributed by atoms with Crippen LogP contribution in [0.4, 0.5) is 0 Å². The number of carbonyl (C=O) groups excluding carboxylic acids is 1. The van der Waals surface area contributed by atoms with Crippen molar-refractivity contribution in [2.45, 2.75) is 39.5 Å². The minimum Gasteiger partial charge on any atom is -0.477 e. The van der Waals surface area contributed by atoms with E-state index in [4.69, 9.17) is 9.66 Å². The number of allylic oxidation sites excluding steroid dienone is 1. The van der Waals surface area contributed by atoms with Gasteiger partial charge < -0.3 is 10.4 Å². The van der Waals surface area contributed by atoms with Gasteiger partial charge in [0.15, 0.2) is 0 Å². The van der Waals surface area contributed by atoms with Crippen molar-refractivity contribution < 1.29 is 27.7 Å². The average Bonchev–Trinajstić information content (AvgIpc) is 2.94. The van der Waals surface area contributed by atoms with Gasteiger partial charge in [-0.15, -0.1) is 0 Å². The zero-order chi connectivity index (χ0) is 16.3. The molecule has 1 unspecified atom stereocenters. The van der Waals surface area contributed by atoms with Crippen molar-refractivity contribution in [1.82, 2.24) is 5.32 Å². The molecule has 1 aliphatic rings. The fourth-order valence-electron chi connectivity index (χ4n) is 2.00. The number of carboxylic acid groups (broad SMARTS) is 1. The molecule has 0 bridgehead atoms. The third-order valence-corrected chi connectivity index (χ3v) is 4.33. The summed E-state index contributed by atoms with van der Waals surface area (Å²) in [5, 5.41) is 11.4. The van der Waals surface area contributed by atoms with Gasteiger partial charge in [-0.3, -0.25) is 9.35 Å². The monoisotopic (exact) mass is 319 g/mol. The van der Waals surface area contributed by atoms with Crippen molar-refractivity contribution in [3.63, 3.8) is 0 Å². The summed E-state index contributed by atoms with van der Waals surface area (Å²) in [6, 6.07) is 0. The lowest BCUT2D eigenvalue weighted by molar-refractivity contribution is -0.135. The van der Waals surface area contributed by atoms with Crippen LogP contribution in [0.1, 0.15) is 39.5 Å². The fraction of sp³-hybridized carbons (Fsp3) is 0.692. The maximum atomic E-state index is 11.8. The van der Waals surface area contributed by atoms with Crippen LogP contribution >= 0.6 is 0 Å². The first kappa shape index (κ1) is 17.6. The van der Waals surface area contributed by atoms with Crippen LogP contribution in [-0.2, 0) is 19.7 Å². The third-order valence-electron chi connectivity index (χ3n) is 3.52. The lowest BCUT2D eigenvalue weighted by atomic mass is 10.1. The molecular weight excluding hydrogens is 298 g/mol. The van der Waals surface area contributed by atoms with E-state index >= 15 is 0 Å². The number of hydrogen-bond acceptors (Lipinski definition) is 4. The summed E-state index contributed by atoms with van der Waals surface area (Å²) >= 11 is 0. The van der Waals surface area contributed by atoms with Crippen LogP contribution in [0.2, 0.25) is 0 Å². The van der Waals surface area contributed by atoms with E-state index in [1.807, 2.05) is 13.8 Å². The van der Waals surface area contributed by atoms with Gasteiger partial charge in [-0.25, -0.2) is 4.79 Å². The van der Waals surface area contributed by atoms with Crippen LogP contribution in [0.25, 0.3) is 0 Å². The third kappa shape index (κ3) is 6.26. The Balaban J connectivity index is 2.44. The summed E-state index contributed by atoms with van der Waals surface area (Å²) in [5.41, 5.74) is -0.266. The van der Waals surface area contributed by atoms with Gasteiger partial charge in [0.25, 0.3) is 10.1 Å². The van der Waals surface area contributed by atoms with Gasteiger partial charge in [-0.1, -0.05) is 19.9 Å². The second kappa shape index (κ2) is 6.57. The largest absolute Gasteiger partial charge is 0.477 e. The van der Waals surface area contributed by atoms with Gasteiger partial charge in [-0.2, -0.15) is 8.42 Å². The lowest BCUT2D eigenvalue weighted by Crippen LogP contribution is -2.29. The van der Waals surface area contributed by atoms with Gasteiger partial charge in [0.1, 0.15) is 5.70 Å². The normalized spacial score (nSPS) is 20.9. The molecule has 1 saturated carbocycles. The van der Waals surface area contributed by atoms with Gasteiger partial charge in [0, 0.05) is 5.92 Å². The zero-order valence-corrected chi connectivity index (χ0v) is 12.9. The molecule has 3 N–H and O–H groups in total. The highest BCUT2D eigenvalue weighted by atomic mass is 32.2. The number of carbonyl (C=O) groups is 2. The summed E-state index contributed by atoms with van der Waals surface area (Å²) in [6.07, 6.45) is 3.04. The number of unbranched alkanes of at least 4 members (excludes halogenated alkanes) is 2. The summed E-state index contributed by atoms with van der Waals surface area (Å²) < 4.78 is 29.6. The molecule has 0 aromatic carbocycles. The molecule has 1 rings (SSSR count). The molecule has 0 aromatic rings. The highest BCUT2D eigenvalue weighted by molar-refractivity contribution is 7.85. The second-order valence-electron chi connectivity index (χ2n) is 5.94. The zero-order valence-electron chi connectivity index (χ0n) is 12.1. The molecule has 8 heteroatoms. The Morgan fingerprint density at radius 3 is 2.33 bits per heavy atom. The van der Waals surface area contributed by atoms with Gasteiger partial charge in [0.2, 0.25) is 5.91 Å². The van der Waals surface area contributed by atoms with E-state index < -0.39 is 16.1 Å². The number of carboxylic acids is 1. The molecule has 0 spiro atoms. The number of nitrogens with one attached hydrogen (secondary N) is 1. The van der Waals surface area contributed by atoms with Gasteiger partial charge in [0.05, 0.1) is 5.75 Å². The highest BCUT2D eigenvalue weighted by Gasteiger charge is 2.50. The Morgan fingerprint density at radius 2 is 1.90 bits per heavy atom. The molecule has 7 nitrogen and oxygen atoms in total. The smallest absolute Gasteiger partial charge is 0.352 e. The predicted octanol–water partition coefficient (Wildman–Crippen LogP) is 1.18. The van der Waals surface area contributed by atoms with Crippen molar-refractivity contribution >= 4 is 22.0 Å². The quantitative estimate of drug-likeness (QED) is 0.351. The molecular formula is C13H21NO6S. The molecule has 0 saturated heterocycles. The molecule has 0 aliphatic heterocycles. The number of aliphatic carboxylic acids is 1. The number of rotatable bonds is 8. The summed E-state index contributed by atoms with van der Waals surface area (Å²) in [6.45, 7) is 3.88. The molecule has 1 atom stereocenters. The van der Waals surface area contributed by atoms with Crippen molar-refractivity contribution in [1.29, 1.82) is 0 Å². The minimum atomic E-state index is -3.98. The Morgan fingerprint density at radius 1 is 1.33 bits per heavy atom. The molecule has 1 aliphatic carbocycles. The van der Waals surface area contributed by atoms with E-state index in [2.05, 4.69) is 5.32 Å². The standard InChI is InChI=1S/C13H21NO6S/c1-13(2)8-9(13)11(15)14-10(12(16)17)6-4-3-5-7-21(18,19)20/h6,9H,3-5,7-8H2,1-2H3,(H,14,15)(H,16,17)(H,18,19,20). The predicted molar refractivity (Wildman–Crippen MR) is 76.0 cm³/mol. The van der Waals surface area contributed by atoms with Crippen molar-refractivity contribution in [2.75, 3.05) is 5.75 Å². The first-order valence-corrected chi connectivity index (χ1v) is 8.33.